The van der Waals surface area contributed by atoms with Gasteiger partial charge in [-0.05, 0) is 20.3 Å². The van der Waals surface area contributed by atoms with E-state index in [0.717, 1.165) is 0 Å². The lowest BCUT2D eigenvalue weighted by molar-refractivity contribution is -0.121. The van der Waals surface area contributed by atoms with Gasteiger partial charge in [-0.15, -0.1) is 0 Å². The topological polar surface area (TPSA) is 71.3 Å². The van der Waals surface area contributed by atoms with Gasteiger partial charge in [0.15, 0.2) is 0 Å². The second-order valence-corrected chi connectivity index (χ2v) is 4.45. The fourth-order valence-electron chi connectivity index (χ4n) is 1.08. The molecule has 0 atom stereocenters. The number of amides is 1. The molecule has 0 aliphatic carbocycles. The molecule has 0 aliphatic rings. The van der Waals surface area contributed by atoms with E-state index in [-0.39, 0.29) is 5.91 Å². The van der Waals surface area contributed by atoms with Crippen LogP contribution in [0.2, 0.25) is 0 Å². The Labute approximate surface area is 103 Å². The molecule has 98 valence electrons. The van der Waals surface area contributed by atoms with Crippen LogP contribution in [0.25, 0.3) is 0 Å². The van der Waals surface area contributed by atoms with Gasteiger partial charge in [0.05, 0.1) is 31.3 Å². The van der Waals surface area contributed by atoms with Crippen LogP contribution in [0, 0.1) is 16.7 Å². The molecule has 1 amide bonds. The zero-order valence-electron chi connectivity index (χ0n) is 10.9. The van der Waals surface area contributed by atoms with E-state index in [1.165, 1.54) is 0 Å². The van der Waals surface area contributed by atoms with E-state index in [1.807, 2.05) is 13.8 Å². The van der Waals surface area contributed by atoms with Gasteiger partial charge in [0, 0.05) is 20.1 Å². The fraction of sp³-hybridized carbons (Fsp3) is 0.833. The lowest BCUT2D eigenvalue weighted by Crippen LogP contribution is -2.28. The van der Waals surface area contributed by atoms with Gasteiger partial charge in [-0.1, -0.05) is 0 Å². The molecule has 0 rings (SSSR count). The number of methoxy groups -OCH3 is 1. The SMILES string of the molecule is COCCOCCNC(=O)CCC(C)(C)C#N. The first-order valence-electron chi connectivity index (χ1n) is 5.76. The Balaban J connectivity index is 3.45. The highest BCUT2D eigenvalue weighted by atomic mass is 16.5. The summed E-state index contributed by atoms with van der Waals surface area (Å²) in [5, 5.41) is 11.5. The summed E-state index contributed by atoms with van der Waals surface area (Å²) < 4.78 is 10.0. The highest BCUT2D eigenvalue weighted by Gasteiger charge is 2.17. The summed E-state index contributed by atoms with van der Waals surface area (Å²) in [5.74, 6) is -0.0383. The predicted octanol–water partition coefficient (Wildman–Crippen LogP) is 1.10. The van der Waals surface area contributed by atoms with Gasteiger partial charge in [0.1, 0.15) is 0 Å². The summed E-state index contributed by atoms with van der Waals surface area (Å²) in [5.41, 5.74) is -0.438. The zero-order chi connectivity index (χ0) is 13.1. The van der Waals surface area contributed by atoms with Crippen LogP contribution < -0.4 is 5.32 Å². The Morgan fingerprint density at radius 1 is 1.35 bits per heavy atom. The minimum atomic E-state index is -0.438. The normalized spacial score (nSPS) is 10.9. The van der Waals surface area contributed by atoms with Crippen molar-refractivity contribution in [3.05, 3.63) is 0 Å². The van der Waals surface area contributed by atoms with Crippen LogP contribution in [0.15, 0.2) is 0 Å². The van der Waals surface area contributed by atoms with E-state index in [4.69, 9.17) is 14.7 Å². The molecule has 0 heterocycles. The second kappa shape index (κ2) is 8.97. The summed E-state index contributed by atoms with van der Waals surface area (Å²) in [7, 11) is 1.61. The van der Waals surface area contributed by atoms with E-state index in [1.54, 1.807) is 7.11 Å². The first-order chi connectivity index (χ1) is 8.02. The number of nitrogens with one attached hydrogen (secondary N) is 1. The van der Waals surface area contributed by atoms with Crippen molar-refractivity contribution in [3.8, 4) is 6.07 Å². The van der Waals surface area contributed by atoms with E-state index < -0.39 is 5.41 Å². The average Bonchev–Trinajstić information content (AvgIpc) is 2.31. The maximum atomic E-state index is 11.4. The Morgan fingerprint density at radius 3 is 2.65 bits per heavy atom. The van der Waals surface area contributed by atoms with Crippen LogP contribution in [0.3, 0.4) is 0 Å². The van der Waals surface area contributed by atoms with Crippen LogP contribution in [0.5, 0.6) is 0 Å². The van der Waals surface area contributed by atoms with Crippen molar-refractivity contribution in [1.82, 2.24) is 5.32 Å². The third-order valence-electron chi connectivity index (χ3n) is 2.28. The Kier molecular flexibility index (Phi) is 8.38. The molecular formula is C12H22N2O3. The molecule has 5 nitrogen and oxygen atoms in total. The monoisotopic (exact) mass is 242 g/mol. The van der Waals surface area contributed by atoms with Gasteiger partial charge < -0.3 is 14.8 Å². The van der Waals surface area contributed by atoms with Crippen molar-refractivity contribution in [2.45, 2.75) is 26.7 Å². The van der Waals surface area contributed by atoms with Gasteiger partial charge in [-0.2, -0.15) is 5.26 Å². The molecular weight excluding hydrogens is 220 g/mol. The summed E-state index contributed by atoms with van der Waals surface area (Å²) in [6.45, 7) is 5.73. The van der Waals surface area contributed by atoms with Crippen LogP contribution in [0.4, 0.5) is 0 Å². The molecule has 0 spiro atoms. The van der Waals surface area contributed by atoms with E-state index >= 15 is 0 Å². The summed E-state index contributed by atoms with van der Waals surface area (Å²) in [4.78, 5) is 11.4. The Bertz CT molecular complexity index is 259. The van der Waals surface area contributed by atoms with Gasteiger partial charge in [0.25, 0.3) is 0 Å². The van der Waals surface area contributed by atoms with Crippen LogP contribution in [-0.2, 0) is 14.3 Å². The van der Waals surface area contributed by atoms with E-state index in [0.29, 0.717) is 39.2 Å². The number of carbonyl (C=O) groups is 1. The van der Waals surface area contributed by atoms with E-state index in [2.05, 4.69) is 11.4 Å². The highest BCUT2D eigenvalue weighted by molar-refractivity contribution is 5.75. The van der Waals surface area contributed by atoms with Crippen molar-refractivity contribution in [3.63, 3.8) is 0 Å². The average molecular weight is 242 g/mol. The van der Waals surface area contributed by atoms with Gasteiger partial charge in [-0.3, -0.25) is 4.79 Å². The molecule has 0 aromatic heterocycles. The molecule has 0 aliphatic heterocycles. The maximum absolute atomic E-state index is 11.4. The molecule has 0 saturated heterocycles. The van der Waals surface area contributed by atoms with Crippen LogP contribution in [0.1, 0.15) is 26.7 Å². The summed E-state index contributed by atoms with van der Waals surface area (Å²) in [6, 6.07) is 2.17. The molecule has 1 N–H and O–H groups in total. The summed E-state index contributed by atoms with van der Waals surface area (Å²) >= 11 is 0. The molecule has 0 saturated carbocycles. The van der Waals surface area contributed by atoms with Crippen molar-refractivity contribution < 1.29 is 14.3 Å². The quantitative estimate of drug-likeness (QED) is 0.614. The van der Waals surface area contributed by atoms with Gasteiger partial charge in [0.2, 0.25) is 5.91 Å². The number of nitrogens with zero attached hydrogens (tertiary/aromatic N) is 1. The highest BCUT2D eigenvalue weighted by Crippen LogP contribution is 2.20. The molecule has 0 fully saturated rings. The molecule has 0 radical (unpaired) electrons. The van der Waals surface area contributed by atoms with Crippen molar-refractivity contribution >= 4 is 5.91 Å². The number of carbonyl (C=O) groups excluding carboxylic acids is 1. The first-order valence-corrected chi connectivity index (χ1v) is 5.76. The zero-order valence-corrected chi connectivity index (χ0v) is 10.9. The van der Waals surface area contributed by atoms with Crippen LogP contribution in [-0.4, -0.2) is 39.4 Å². The third kappa shape index (κ3) is 9.79. The number of nitriles is 1. The fourth-order valence-corrected chi connectivity index (χ4v) is 1.08. The summed E-state index contributed by atoms with van der Waals surface area (Å²) in [6.07, 6.45) is 0.943. The number of hydrogen-bond donors (Lipinski definition) is 1. The van der Waals surface area contributed by atoms with Gasteiger partial charge in [-0.25, -0.2) is 0 Å². The Morgan fingerprint density at radius 2 is 2.06 bits per heavy atom. The second-order valence-electron chi connectivity index (χ2n) is 4.45. The molecule has 0 unspecified atom stereocenters. The third-order valence-corrected chi connectivity index (χ3v) is 2.28. The largest absolute Gasteiger partial charge is 0.382 e. The van der Waals surface area contributed by atoms with Crippen molar-refractivity contribution in [1.29, 1.82) is 5.26 Å². The predicted molar refractivity (Wildman–Crippen MR) is 64.3 cm³/mol. The van der Waals surface area contributed by atoms with Crippen LogP contribution >= 0.6 is 0 Å². The number of ether oxygens (including phenoxy) is 2. The molecule has 5 heteroatoms. The van der Waals surface area contributed by atoms with Gasteiger partial charge >= 0.3 is 0 Å². The minimum absolute atomic E-state index is 0.0383. The lowest BCUT2D eigenvalue weighted by Gasteiger charge is -2.14. The van der Waals surface area contributed by atoms with Crippen molar-refractivity contribution in [2.75, 3.05) is 33.5 Å². The number of rotatable bonds is 9. The number of hydrogen-bond acceptors (Lipinski definition) is 4. The molecule has 17 heavy (non-hydrogen) atoms. The maximum Gasteiger partial charge on any atom is 0.220 e. The standard InChI is InChI=1S/C12H22N2O3/c1-12(2,10-13)5-4-11(15)14-6-7-17-9-8-16-3/h4-9H2,1-3H3,(H,14,15). The molecule has 0 aromatic rings. The molecule has 0 aromatic carbocycles. The lowest BCUT2D eigenvalue weighted by atomic mass is 9.90. The smallest absolute Gasteiger partial charge is 0.220 e. The first kappa shape index (κ1) is 15.9. The van der Waals surface area contributed by atoms with Crippen molar-refractivity contribution in [2.24, 2.45) is 5.41 Å². The van der Waals surface area contributed by atoms with E-state index in [9.17, 15) is 4.79 Å². The Hall–Kier alpha value is -1.12. The molecule has 0 bridgehead atoms. The minimum Gasteiger partial charge on any atom is -0.382 e.